The second kappa shape index (κ2) is 6.91. The summed E-state index contributed by atoms with van der Waals surface area (Å²) in [5.41, 5.74) is 7.88. The van der Waals surface area contributed by atoms with Crippen LogP contribution in [0.3, 0.4) is 0 Å². The zero-order valence-corrected chi connectivity index (χ0v) is 17.1. The lowest BCUT2D eigenvalue weighted by molar-refractivity contribution is 0.448. The first kappa shape index (κ1) is 19.5. The van der Waals surface area contributed by atoms with E-state index in [4.69, 9.17) is 5.73 Å². The molecule has 4 aromatic rings. The molecule has 1 heterocycles. The fraction of sp³-hybridized carbons (Fsp3) is 0.167. The number of nitrogens with zero attached hydrogens (tertiary/aromatic N) is 1. The predicted octanol–water partition coefficient (Wildman–Crippen LogP) is 3.93. The maximum Gasteiger partial charge on any atom is 0.332 e. The molecule has 0 aliphatic carbocycles. The highest BCUT2D eigenvalue weighted by molar-refractivity contribution is 5.90. The van der Waals surface area contributed by atoms with Crippen LogP contribution in [0.15, 0.2) is 70.4 Å². The van der Waals surface area contributed by atoms with Gasteiger partial charge < -0.3 is 10.8 Å². The van der Waals surface area contributed by atoms with Gasteiger partial charge in [0, 0.05) is 29.1 Å². The van der Waals surface area contributed by atoms with Crippen molar-refractivity contribution in [2.75, 3.05) is 5.73 Å². The molecule has 0 aliphatic rings. The first-order valence-electron chi connectivity index (χ1n) is 9.63. The Morgan fingerprint density at radius 1 is 0.933 bits per heavy atom. The van der Waals surface area contributed by atoms with Gasteiger partial charge in [-0.05, 0) is 52.1 Å². The van der Waals surface area contributed by atoms with Gasteiger partial charge >= 0.3 is 5.69 Å². The van der Waals surface area contributed by atoms with E-state index in [-0.39, 0.29) is 11.2 Å². The van der Waals surface area contributed by atoms with Crippen molar-refractivity contribution in [1.29, 1.82) is 0 Å². The Morgan fingerprint density at radius 2 is 1.63 bits per heavy atom. The number of rotatable bonds is 2. The Labute approximate surface area is 173 Å². The molecule has 30 heavy (non-hydrogen) atoms. The van der Waals surface area contributed by atoms with Gasteiger partial charge in [-0.1, -0.05) is 39.0 Å². The number of nitrogens with one attached hydrogen (secondary N) is 1. The Morgan fingerprint density at radius 3 is 2.33 bits per heavy atom. The smallest absolute Gasteiger partial charge is 0.332 e. The number of fused-ring (bicyclic) bond motifs is 1. The summed E-state index contributed by atoms with van der Waals surface area (Å²) < 4.78 is 1.36. The topological polar surface area (TPSA) is 101 Å². The van der Waals surface area contributed by atoms with E-state index in [9.17, 15) is 14.7 Å². The Kier molecular flexibility index (Phi) is 4.50. The lowest BCUT2D eigenvalue weighted by atomic mass is 9.83. The number of hydrogen-bond acceptors (Lipinski definition) is 4. The Balaban J connectivity index is 2.00. The molecular weight excluding hydrogens is 378 g/mol. The number of phenolic OH excluding ortho intramolecular Hbond substituents is 1. The molecule has 6 nitrogen and oxygen atoms in total. The van der Waals surface area contributed by atoms with Gasteiger partial charge in [0.2, 0.25) is 0 Å². The molecule has 0 atom stereocenters. The molecule has 1 aromatic heterocycles. The van der Waals surface area contributed by atoms with Crippen molar-refractivity contribution in [3.8, 4) is 22.6 Å². The predicted molar refractivity (Wildman–Crippen MR) is 120 cm³/mol. The molecule has 0 unspecified atom stereocenters. The number of phenols is 1. The molecule has 0 radical (unpaired) electrons. The first-order valence-corrected chi connectivity index (χ1v) is 9.63. The van der Waals surface area contributed by atoms with Gasteiger partial charge in [0.15, 0.2) is 0 Å². The van der Waals surface area contributed by atoms with Crippen LogP contribution in [0, 0.1) is 0 Å². The third-order valence-electron chi connectivity index (χ3n) is 5.18. The number of aromatic nitrogens is 2. The lowest BCUT2D eigenvalue weighted by Crippen LogP contribution is -2.27. The van der Waals surface area contributed by atoms with Crippen molar-refractivity contribution in [3.63, 3.8) is 0 Å². The summed E-state index contributed by atoms with van der Waals surface area (Å²) in [4.78, 5) is 26.1. The normalized spacial score (nSPS) is 11.7. The molecule has 3 aromatic carbocycles. The number of anilines is 1. The van der Waals surface area contributed by atoms with E-state index in [1.165, 1.54) is 16.8 Å². The van der Waals surface area contributed by atoms with Crippen molar-refractivity contribution in [3.05, 3.63) is 87.2 Å². The number of aromatic hydroxyl groups is 1. The van der Waals surface area contributed by atoms with E-state index in [0.29, 0.717) is 22.5 Å². The number of aromatic amines is 1. The van der Waals surface area contributed by atoms with Gasteiger partial charge in [-0.25, -0.2) is 4.79 Å². The van der Waals surface area contributed by atoms with Crippen LogP contribution in [0.25, 0.3) is 27.6 Å². The summed E-state index contributed by atoms with van der Waals surface area (Å²) >= 11 is 0. The van der Waals surface area contributed by atoms with Crippen molar-refractivity contribution >= 4 is 16.5 Å². The Bertz CT molecular complexity index is 1390. The summed E-state index contributed by atoms with van der Waals surface area (Å²) in [7, 11) is 0. The number of H-pyrrole nitrogens is 1. The number of benzene rings is 3. The monoisotopic (exact) mass is 401 g/mol. The minimum atomic E-state index is -0.534. The maximum absolute atomic E-state index is 12.4. The van der Waals surface area contributed by atoms with Crippen LogP contribution in [-0.4, -0.2) is 14.7 Å². The van der Waals surface area contributed by atoms with E-state index in [0.717, 1.165) is 16.3 Å². The van der Waals surface area contributed by atoms with Crippen LogP contribution in [0.1, 0.15) is 26.3 Å². The third-order valence-corrected chi connectivity index (χ3v) is 5.18. The van der Waals surface area contributed by atoms with Gasteiger partial charge in [-0.2, -0.15) is 0 Å². The molecule has 0 amide bonds. The SMILES string of the molecule is CC(C)(C)c1cc(-n2ccc(=O)[nH]c2=O)cc(-c2ccc3cc(N)ccc3c2)c1O. The highest BCUT2D eigenvalue weighted by Gasteiger charge is 2.23. The van der Waals surface area contributed by atoms with Crippen LogP contribution in [0.4, 0.5) is 5.69 Å². The minimum absolute atomic E-state index is 0.165. The van der Waals surface area contributed by atoms with Crippen molar-refractivity contribution in [2.24, 2.45) is 0 Å². The highest BCUT2D eigenvalue weighted by atomic mass is 16.3. The zero-order chi connectivity index (χ0) is 21.6. The van der Waals surface area contributed by atoms with E-state index in [1.807, 2.05) is 57.2 Å². The fourth-order valence-electron chi connectivity index (χ4n) is 3.60. The average Bonchev–Trinajstić information content (AvgIpc) is 2.67. The quantitative estimate of drug-likeness (QED) is 0.443. The van der Waals surface area contributed by atoms with Gasteiger partial charge in [0.25, 0.3) is 5.56 Å². The molecule has 0 aliphatic heterocycles. The van der Waals surface area contributed by atoms with E-state index in [1.54, 1.807) is 12.1 Å². The maximum atomic E-state index is 12.4. The largest absolute Gasteiger partial charge is 0.507 e. The van der Waals surface area contributed by atoms with Crippen molar-refractivity contribution < 1.29 is 5.11 Å². The van der Waals surface area contributed by atoms with Crippen LogP contribution >= 0.6 is 0 Å². The molecular formula is C24H23N3O3. The van der Waals surface area contributed by atoms with Crippen LogP contribution in [-0.2, 0) is 5.41 Å². The van der Waals surface area contributed by atoms with Gasteiger partial charge in [0.1, 0.15) is 5.75 Å². The number of nitrogens with two attached hydrogens (primary N) is 1. The second-order valence-corrected chi connectivity index (χ2v) is 8.44. The van der Waals surface area contributed by atoms with Crippen molar-refractivity contribution in [1.82, 2.24) is 9.55 Å². The van der Waals surface area contributed by atoms with Crippen LogP contribution in [0.2, 0.25) is 0 Å². The summed E-state index contributed by atoms with van der Waals surface area (Å²) in [6.45, 7) is 5.98. The van der Waals surface area contributed by atoms with E-state index < -0.39 is 11.2 Å². The lowest BCUT2D eigenvalue weighted by Gasteiger charge is -2.24. The summed E-state index contributed by atoms with van der Waals surface area (Å²) in [6.07, 6.45) is 1.44. The minimum Gasteiger partial charge on any atom is -0.507 e. The molecule has 0 bridgehead atoms. The summed E-state index contributed by atoms with van der Waals surface area (Å²) in [5, 5.41) is 13.1. The zero-order valence-electron chi connectivity index (χ0n) is 17.1. The molecule has 0 saturated carbocycles. The van der Waals surface area contributed by atoms with E-state index >= 15 is 0 Å². The fourth-order valence-corrected chi connectivity index (χ4v) is 3.60. The average molecular weight is 401 g/mol. The second-order valence-electron chi connectivity index (χ2n) is 8.44. The van der Waals surface area contributed by atoms with Gasteiger partial charge in [0.05, 0.1) is 5.69 Å². The molecule has 4 N–H and O–H groups in total. The number of nitrogen functional groups attached to an aromatic ring is 1. The standard InChI is InChI=1S/C24H23N3O3/c1-24(2,3)20-13-18(27-9-8-21(28)26-23(27)30)12-19(22(20)29)16-5-4-15-11-17(25)7-6-14(15)10-16/h4-13,29H,25H2,1-3H3,(H,26,28,30). The third kappa shape index (κ3) is 3.48. The molecule has 0 fully saturated rings. The highest BCUT2D eigenvalue weighted by Crippen LogP contribution is 2.41. The van der Waals surface area contributed by atoms with Crippen LogP contribution in [0.5, 0.6) is 5.75 Å². The van der Waals surface area contributed by atoms with Crippen molar-refractivity contribution in [2.45, 2.75) is 26.2 Å². The molecule has 4 rings (SSSR count). The van der Waals surface area contributed by atoms with Gasteiger partial charge in [-0.15, -0.1) is 0 Å². The summed E-state index contributed by atoms with van der Waals surface area (Å²) in [6, 6.07) is 16.4. The molecule has 152 valence electrons. The Hall–Kier alpha value is -3.80. The number of hydrogen-bond donors (Lipinski definition) is 3. The molecule has 6 heteroatoms. The first-order chi connectivity index (χ1) is 14.1. The van der Waals surface area contributed by atoms with E-state index in [2.05, 4.69) is 4.98 Å². The van der Waals surface area contributed by atoms with Gasteiger partial charge in [-0.3, -0.25) is 14.3 Å². The molecule has 0 spiro atoms. The van der Waals surface area contributed by atoms with Crippen LogP contribution < -0.4 is 17.0 Å². The molecule has 0 saturated heterocycles. The summed E-state index contributed by atoms with van der Waals surface area (Å²) in [5.74, 6) is 0.165.